The minimum absolute atomic E-state index is 0.0739. The highest BCUT2D eigenvalue weighted by Crippen LogP contribution is 2.41. The Morgan fingerprint density at radius 3 is 2.46 bits per heavy atom. The summed E-state index contributed by atoms with van der Waals surface area (Å²) in [6, 6.07) is 3.70. The van der Waals surface area contributed by atoms with Crippen molar-refractivity contribution >= 4 is 11.9 Å². The molecule has 0 amide bonds. The van der Waals surface area contributed by atoms with Crippen molar-refractivity contribution in [2.75, 3.05) is 0 Å². The molecule has 1 heterocycles. The van der Waals surface area contributed by atoms with Crippen molar-refractivity contribution in [2.45, 2.75) is 90.8 Å². The summed E-state index contributed by atoms with van der Waals surface area (Å²) in [5.74, 6) is 0.109. The first-order chi connectivity index (χ1) is 12.3. The summed E-state index contributed by atoms with van der Waals surface area (Å²) in [6.45, 7) is 7.57. The van der Waals surface area contributed by atoms with Gasteiger partial charge >= 0.3 is 11.9 Å². The summed E-state index contributed by atoms with van der Waals surface area (Å²) in [5.41, 5.74) is -1.22. The Morgan fingerprint density at radius 1 is 1.23 bits per heavy atom. The first-order valence-electron chi connectivity index (χ1n) is 9.80. The average Bonchev–Trinajstić information content (AvgIpc) is 3.17. The van der Waals surface area contributed by atoms with Gasteiger partial charge in [-0.15, -0.1) is 0 Å². The lowest BCUT2D eigenvalue weighted by molar-refractivity contribution is -0.174. The van der Waals surface area contributed by atoms with Gasteiger partial charge in [-0.05, 0) is 64.5 Å². The van der Waals surface area contributed by atoms with Crippen LogP contribution in [0, 0.1) is 5.41 Å². The second-order valence-electron chi connectivity index (χ2n) is 7.88. The van der Waals surface area contributed by atoms with E-state index in [9.17, 15) is 9.59 Å². The molecule has 0 aromatic carbocycles. The molecule has 1 aromatic heterocycles. The SMILES string of the molecule is CCC(CC(=O)OC1(c2ccco2)CCCCC1)OC(=O)C(C)(C)CC. The largest absolute Gasteiger partial charge is 0.465 e. The van der Waals surface area contributed by atoms with Gasteiger partial charge in [0, 0.05) is 0 Å². The van der Waals surface area contributed by atoms with Gasteiger partial charge in [-0.3, -0.25) is 9.59 Å². The highest BCUT2D eigenvalue weighted by molar-refractivity contribution is 5.77. The highest BCUT2D eigenvalue weighted by atomic mass is 16.6. The fourth-order valence-electron chi connectivity index (χ4n) is 3.23. The van der Waals surface area contributed by atoms with Crippen LogP contribution in [-0.4, -0.2) is 18.0 Å². The molecule has 1 aliphatic carbocycles. The molecule has 1 saturated carbocycles. The first-order valence-corrected chi connectivity index (χ1v) is 9.80. The molecule has 1 fully saturated rings. The summed E-state index contributed by atoms with van der Waals surface area (Å²) >= 11 is 0. The molecule has 26 heavy (non-hydrogen) atoms. The van der Waals surface area contributed by atoms with Crippen LogP contribution in [0.15, 0.2) is 22.8 Å². The summed E-state index contributed by atoms with van der Waals surface area (Å²) in [5, 5.41) is 0. The maximum Gasteiger partial charge on any atom is 0.311 e. The van der Waals surface area contributed by atoms with Crippen molar-refractivity contribution < 1.29 is 23.5 Å². The Balaban J connectivity index is 2.01. The Kier molecular flexibility index (Phi) is 6.90. The van der Waals surface area contributed by atoms with Crippen LogP contribution >= 0.6 is 0 Å². The van der Waals surface area contributed by atoms with Crippen molar-refractivity contribution in [2.24, 2.45) is 5.41 Å². The van der Waals surface area contributed by atoms with Gasteiger partial charge in [0.05, 0.1) is 18.1 Å². The van der Waals surface area contributed by atoms with Crippen molar-refractivity contribution in [3.8, 4) is 0 Å². The average molecular weight is 364 g/mol. The quantitative estimate of drug-likeness (QED) is 0.598. The zero-order valence-electron chi connectivity index (χ0n) is 16.5. The number of carbonyl (C=O) groups is 2. The van der Waals surface area contributed by atoms with Gasteiger partial charge in [-0.25, -0.2) is 0 Å². The normalized spacial score (nSPS) is 18.2. The number of furan rings is 1. The van der Waals surface area contributed by atoms with Crippen molar-refractivity contribution in [3.05, 3.63) is 24.2 Å². The predicted octanol–water partition coefficient (Wildman–Crippen LogP) is 5.13. The monoisotopic (exact) mass is 364 g/mol. The van der Waals surface area contributed by atoms with Gasteiger partial charge in [0.25, 0.3) is 0 Å². The minimum atomic E-state index is -0.677. The highest BCUT2D eigenvalue weighted by Gasteiger charge is 2.41. The summed E-state index contributed by atoms with van der Waals surface area (Å²) in [6.07, 6.45) is 7.18. The molecule has 0 bridgehead atoms. The van der Waals surface area contributed by atoms with E-state index in [1.807, 2.05) is 39.8 Å². The van der Waals surface area contributed by atoms with Crippen LogP contribution < -0.4 is 0 Å². The van der Waals surface area contributed by atoms with Gasteiger partial charge < -0.3 is 13.9 Å². The van der Waals surface area contributed by atoms with Crippen LogP contribution in [0.1, 0.15) is 84.8 Å². The van der Waals surface area contributed by atoms with E-state index in [-0.39, 0.29) is 18.4 Å². The summed E-state index contributed by atoms with van der Waals surface area (Å²) in [4.78, 5) is 24.9. The second kappa shape index (κ2) is 8.74. The minimum Gasteiger partial charge on any atom is -0.465 e. The zero-order valence-corrected chi connectivity index (χ0v) is 16.5. The third-order valence-electron chi connectivity index (χ3n) is 5.50. The Labute approximate surface area is 156 Å². The van der Waals surface area contributed by atoms with Crippen molar-refractivity contribution in [1.82, 2.24) is 0 Å². The van der Waals surface area contributed by atoms with E-state index in [4.69, 9.17) is 13.9 Å². The van der Waals surface area contributed by atoms with Gasteiger partial charge in [0.1, 0.15) is 11.9 Å². The van der Waals surface area contributed by atoms with E-state index in [1.165, 1.54) is 0 Å². The number of rotatable bonds is 8. The van der Waals surface area contributed by atoms with Crippen LogP contribution in [-0.2, 0) is 24.7 Å². The first kappa shape index (κ1) is 20.5. The Hall–Kier alpha value is -1.78. The standard InChI is InChI=1S/C21H32O5/c1-5-16(25-19(23)20(3,4)6-2)15-18(22)26-21(12-8-7-9-13-21)17-11-10-14-24-17/h10-11,14,16H,5-9,12-13,15H2,1-4H3. The Bertz CT molecular complexity index is 582. The Morgan fingerprint density at radius 2 is 1.92 bits per heavy atom. The molecule has 1 atom stereocenters. The predicted molar refractivity (Wildman–Crippen MR) is 98.4 cm³/mol. The molecule has 1 aromatic rings. The van der Waals surface area contributed by atoms with E-state index in [1.54, 1.807) is 6.26 Å². The third kappa shape index (κ3) is 4.89. The van der Waals surface area contributed by atoms with Crippen molar-refractivity contribution in [3.63, 3.8) is 0 Å². The lowest BCUT2D eigenvalue weighted by Crippen LogP contribution is -2.36. The van der Waals surface area contributed by atoms with Crippen molar-refractivity contribution in [1.29, 1.82) is 0 Å². The molecule has 0 radical (unpaired) electrons. The number of esters is 2. The van der Waals surface area contributed by atoms with Crippen LogP contribution in [0.3, 0.4) is 0 Å². The molecule has 0 aliphatic heterocycles. The fraction of sp³-hybridized carbons (Fsp3) is 0.714. The number of hydrogen-bond acceptors (Lipinski definition) is 5. The summed E-state index contributed by atoms with van der Waals surface area (Å²) < 4.78 is 17.1. The third-order valence-corrected chi connectivity index (χ3v) is 5.50. The molecule has 2 rings (SSSR count). The van der Waals surface area contributed by atoms with Gasteiger partial charge in [-0.2, -0.15) is 0 Å². The lowest BCUT2D eigenvalue weighted by atomic mass is 9.82. The number of hydrogen-bond donors (Lipinski definition) is 0. The van der Waals surface area contributed by atoms with Gasteiger partial charge in [0.15, 0.2) is 5.60 Å². The molecule has 1 unspecified atom stereocenters. The molecular weight excluding hydrogens is 332 g/mol. The van der Waals surface area contributed by atoms with E-state index in [2.05, 4.69) is 0 Å². The van der Waals surface area contributed by atoms with E-state index in [0.717, 1.165) is 32.1 Å². The molecular formula is C21H32O5. The fourth-order valence-corrected chi connectivity index (χ4v) is 3.23. The summed E-state index contributed by atoms with van der Waals surface area (Å²) in [7, 11) is 0. The molecule has 0 saturated heterocycles. The van der Waals surface area contributed by atoms with Crippen LogP contribution in [0.25, 0.3) is 0 Å². The zero-order chi connectivity index (χ0) is 19.2. The van der Waals surface area contributed by atoms with Gasteiger partial charge in [0.2, 0.25) is 0 Å². The number of carbonyl (C=O) groups excluding carboxylic acids is 2. The molecule has 1 aliphatic rings. The molecule has 0 N–H and O–H groups in total. The topological polar surface area (TPSA) is 65.7 Å². The van der Waals surface area contributed by atoms with Crippen LogP contribution in [0.4, 0.5) is 0 Å². The maximum absolute atomic E-state index is 12.6. The molecule has 0 spiro atoms. The molecule has 5 nitrogen and oxygen atoms in total. The van der Waals surface area contributed by atoms with E-state index >= 15 is 0 Å². The van der Waals surface area contributed by atoms with Crippen LogP contribution in [0.5, 0.6) is 0 Å². The van der Waals surface area contributed by atoms with E-state index < -0.39 is 17.1 Å². The van der Waals surface area contributed by atoms with Crippen LogP contribution in [0.2, 0.25) is 0 Å². The second-order valence-corrected chi connectivity index (χ2v) is 7.88. The lowest BCUT2D eigenvalue weighted by Gasteiger charge is -2.35. The molecule has 146 valence electrons. The van der Waals surface area contributed by atoms with Gasteiger partial charge in [-0.1, -0.05) is 20.3 Å². The smallest absolute Gasteiger partial charge is 0.311 e. The number of ether oxygens (including phenoxy) is 2. The van der Waals surface area contributed by atoms with E-state index in [0.29, 0.717) is 18.6 Å². The maximum atomic E-state index is 12.6. The molecule has 5 heteroatoms.